The maximum atomic E-state index is 12.2. The molecular weight excluding hydrogens is 242 g/mol. The van der Waals surface area contributed by atoms with Crippen molar-refractivity contribution >= 4 is 5.91 Å². The van der Waals surface area contributed by atoms with Gasteiger partial charge in [-0.2, -0.15) is 0 Å². The lowest BCUT2D eigenvalue weighted by Gasteiger charge is -2.41. The Bertz CT molecular complexity index is 438. The second-order valence-corrected chi connectivity index (χ2v) is 5.56. The Labute approximate surface area is 114 Å². The molecule has 0 unspecified atom stereocenters. The van der Waals surface area contributed by atoms with E-state index in [-0.39, 0.29) is 17.4 Å². The summed E-state index contributed by atoms with van der Waals surface area (Å²) in [6.45, 7) is 5.24. The van der Waals surface area contributed by atoms with Crippen LogP contribution < -0.4 is 5.32 Å². The average molecular weight is 265 g/mol. The van der Waals surface area contributed by atoms with Crippen molar-refractivity contribution in [3.8, 4) is 0 Å². The summed E-state index contributed by atoms with van der Waals surface area (Å²) in [6.07, 6.45) is 7.07. The number of rotatable bonds is 6. The standard InChI is InChI=1S/C14H23N3O2/c1-11(17-8-7-15-12(17)2)13(18)16-9-14(10-19-3)5-4-6-14/h7-8,11H,4-6,9-10H2,1-3H3,(H,16,18)/t11-/m1/s1. The zero-order valence-electron chi connectivity index (χ0n) is 12.0. The topological polar surface area (TPSA) is 56.1 Å². The third-order valence-electron chi connectivity index (χ3n) is 4.16. The molecule has 1 aromatic heterocycles. The van der Waals surface area contributed by atoms with Gasteiger partial charge in [0, 0.05) is 31.5 Å². The van der Waals surface area contributed by atoms with Gasteiger partial charge in [0.25, 0.3) is 0 Å². The molecule has 0 radical (unpaired) electrons. The molecular formula is C14H23N3O2. The van der Waals surface area contributed by atoms with Gasteiger partial charge in [-0.1, -0.05) is 6.42 Å². The van der Waals surface area contributed by atoms with E-state index in [0.717, 1.165) is 25.3 Å². The lowest BCUT2D eigenvalue weighted by molar-refractivity contribution is -0.125. The van der Waals surface area contributed by atoms with Crippen LogP contribution in [0.25, 0.3) is 0 Å². The maximum absolute atomic E-state index is 12.2. The highest BCUT2D eigenvalue weighted by Gasteiger charge is 2.37. The van der Waals surface area contributed by atoms with E-state index in [1.54, 1.807) is 13.3 Å². The maximum Gasteiger partial charge on any atom is 0.242 e. The largest absolute Gasteiger partial charge is 0.384 e. The molecule has 1 aliphatic rings. The van der Waals surface area contributed by atoms with Crippen molar-refractivity contribution in [2.45, 2.75) is 39.2 Å². The van der Waals surface area contributed by atoms with E-state index in [1.165, 1.54) is 6.42 Å². The molecule has 0 bridgehead atoms. The predicted molar refractivity (Wildman–Crippen MR) is 72.8 cm³/mol. The second kappa shape index (κ2) is 5.74. The van der Waals surface area contributed by atoms with Gasteiger partial charge in [-0.15, -0.1) is 0 Å². The van der Waals surface area contributed by atoms with Gasteiger partial charge in [0.2, 0.25) is 5.91 Å². The molecule has 19 heavy (non-hydrogen) atoms. The molecule has 1 N–H and O–H groups in total. The minimum Gasteiger partial charge on any atom is -0.384 e. The van der Waals surface area contributed by atoms with Crippen LogP contribution in [0, 0.1) is 12.3 Å². The Kier molecular flexibility index (Phi) is 4.24. The van der Waals surface area contributed by atoms with Crippen LogP contribution in [-0.4, -0.2) is 35.7 Å². The van der Waals surface area contributed by atoms with Crippen molar-refractivity contribution in [1.82, 2.24) is 14.9 Å². The fourth-order valence-electron chi connectivity index (χ4n) is 2.70. The van der Waals surface area contributed by atoms with Gasteiger partial charge in [-0.25, -0.2) is 4.98 Å². The normalized spacial score (nSPS) is 18.7. The molecule has 1 amide bonds. The molecule has 1 fully saturated rings. The predicted octanol–water partition coefficient (Wildman–Crippen LogP) is 1.69. The number of carbonyl (C=O) groups is 1. The number of hydrogen-bond donors (Lipinski definition) is 1. The summed E-state index contributed by atoms with van der Waals surface area (Å²) in [5.74, 6) is 0.904. The van der Waals surface area contributed by atoms with Crippen LogP contribution in [0.15, 0.2) is 12.4 Å². The fraction of sp³-hybridized carbons (Fsp3) is 0.714. The number of amides is 1. The zero-order valence-corrected chi connectivity index (χ0v) is 12.0. The van der Waals surface area contributed by atoms with E-state index in [4.69, 9.17) is 4.74 Å². The molecule has 1 saturated carbocycles. The molecule has 5 nitrogen and oxygen atoms in total. The Hall–Kier alpha value is -1.36. The second-order valence-electron chi connectivity index (χ2n) is 5.56. The number of imidazole rings is 1. The summed E-state index contributed by atoms with van der Waals surface area (Å²) in [6, 6.07) is -0.220. The summed E-state index contributed by atoms with van der Waals surface area (Å²) >= 11 is 0. The van der Waals surface area contributed by atoms with Crippen molar-refractivity contribution < 1.29 is 9.53 Å². The number of aryl methyl sites for hydroxylation is 1. The van der Waals surface area contributed by atoms with Crippen molar-refractivity contribution in [3.05, 3.63) is 18.2 Å². The van der Waals surface area contributed by atoms with Gasteiger partial charge < -0.3 is 14.6 Å². The number of carbonyl (C=O) groups excluding carboxylic acids is 1. The molecule has 0 aromatic carbocycles. The number of nitrogens with one attached hydrogen (secondary N) is 1. The number of ether oxygens (including phenoxy) is 1. The Morgan fingerprint density at radius 1 is 1.63 bits per heavy atom. The van der Waals surface area contributed by atoms with Crippen LogP contribution in [0.1, 0.15) is 38.1 Å². The van der Waals surface area contributed by atoms with Gasteiger partial charge in [0.05, 0.1) is 6.61 Å². The van der Waals surface area contributed by atoms with Crippen molar-refractivity contribution in [3.63, 3.8) is 0 Å². The van der Waals surface area contributed by atoms with E-state index in [2.05, 4.69) is 10.3 Å². The fourth-order valence-corrected chi connectivity index (χ4v) is 2.70. The Morgan fingerprint density at radius 3 is 2.84 bits per heavy atom. The van der Waals surface area contributed by atoms with Crippen molar-refractivity contribution in [2.75, 3.05) is 20.3 Å². The van der Waals surface area contributed by atoms with Gasteiger partial charge in [-0.3, -0.25) is 4.79 Å². The number of nitrogens with zero attached hydrogens (tertiary/aromatic N) is 2. The number of methoxy groups -OCH3 is 1. The van der Waals surface area contributed by atoms with Crippen LogP contribution in [0.2, 0.25) is 0 Å². The highest BCUT2D eigenvalue weighted by molar-refractivity contribution is 5.80. The SMILES string of the molecule is COCC1(CNC(=O)[C@@H](C)n2ccnc2C)CCC1. The van der Waals surface area contributed by atoms with E-state index >= 15 is 0 Å². The van der Waals surface area contributed by atoms with Crippen LogP contribution >= 0.6 is 0 Å². The molecule has 1 atom stereocenters. The molecule has 0 aliphatic heterocycles. The smallest absolute Gasteiger partial charge is 0.242 e. The van der Waals surface area contributed by atoms with E-state index in [1.807, 2.05) is 24.6 Å². The van der Waals surface area contributed by atoms with Crippen LogP contribution in [0.4, 0.5) is 0 Å². The summed E-state index contributed by atoms with van der Waals surface area (Å²) in [7, 11) is 1.72. The zero-order chi connectivity index (χ0) is 13.9. The van der Waals surface area contributed by atoms with Crippen molar-refractivity contribution in [1.29, 1.82) is 0 Å². The molecule has 1 aliphatic carbocycles. The summed E-state index contributed by atoms with van der Waals surface area (Å²) < 4.78 is 7.15. The van der Waals surface area contributed by atoms with Crippen LogP contribution in [0.5, 0.6) is 0 Å². The molecule has 1 aromatic rings. The highest BCUT2D eigenvalue weighted by atomic mass is 16.5. The third kappa shape index (κ3) is 2.97. The molecule has 1 heterocycles. The quantitative estimate of drug-likeness (QED) is 0.851. The lowest BCUT2D eigenvalue weighted by atomic mass is 9.69. The lowest BCUT2D eigenvalue weighted by Crippen LogP contribution is -2.46. The minimum absolute atomic E-state index is 0.0449. The van der Waals surface area contributed by atoms with E-state index in [9.17, 15) is 4.79 Å². The molecule has 106 valence electrons. The van der Waals surface area contributed by atoms with E-state index < -0.39 is 0 Å². The number of aromatic nitrogens is 2. The first kappa shape index (κ1) is 14.1. The summed E-state index contributed by atoms with van der Waals surface area (Å²) in [4.78, 5) is 16.3. The average Bonchev–Trinajstić information content (AvgIpc) is 2.77. The minimum atomic E-state index is -0.220. The molecule has 0 spiro atoms. The molecule has 5 heteroatoms. The van der Waals surface area contributed by atoms with Gasteiger partial charge in [0.1, 0.15) is 11.9 Å². The number of hydrogen-bond acceptors (Lipinski definition) is 3. The van der Waals surface area contributed by atoms with Gasteiger partial charge >= 0.3 is 0 Å². The first-order chi connectivity index (χ1) is 9.08. The van der Waals surface area contributed by atoms with Gasteiger partial charge in [-0.05, 0) is 26.7 Å². The molecule has 0 saturated heterocycles. The third-order valence-corrected chi connectivity index (χ3v) is 4.16. The van der Waals surface area contributed by atoms with Gasteiger partial charge in [0.15, 0.2) is 0 Å². The first-order valence-electron chi connectivity index (χ1n) is 6.84. The Morgan fingerprint density at radius 2 is 2.37 bits per heavy atom. The monoisotopic (exact) mass is 265 g/mol. The summed E-state index contributed by atoms with van der Waals surface area (Å²) in [5, 5.41) is 3.06. The van der Waals surface area contributed by atoms with E-state index in [0.29, 0.717) is 6.54 Å². The van der Waals surface area contributed by atoms with Crippen molar-refractivity contribution in [2.24, 2.45) is 5.41 Å². The highest BCUT2D eigenvalue weighted by Crippen LogP contribution is 2.40. The molecule has 2 rings (SSSR count). The van der Waals surface area contributed by atoms with Crippen LogP contribution in [0.3, 0.4) is 0 Å². The van der Waals surface area contributed by atoms with Crippen LogP contribution in [-0.2, 0) is 9.53 Å². The first-order valence-corrected chi connectivity index (χ1v) is 6.84. The Balaban J connectivity index is 1.89. The summed E-state index contributed by atoms with van der Waals surface area (Å²) in [5.41, 5.74) is 0.161.